The van der Waals surface area contributed by atoms with Gasteiger partial charge in [0.1, 0.15) is 4.90 Å². The SMILES string of the molecule is CS(=O)(=O)c1cnn(CC2(CS)CCCC2)c1. The lowest BCUT2D eigenvalue weighted by atomic mass is 9.88. The normalized spacial score (nSPS) is 19.6. The van der Waals surface area contributed by atoms with E-state index in [-0.39, 0.29) is 5.41 Å². The maximum absolute atomic E-state index is 11.4. The van der Waals surface area contributed by atoms with Gasteiger partial charge in [-0.3, -0.25) is 4.68 Å². The highest BCUT2D eigenvalue weighted by molar-refractivity contribution is 7.90. The Labute approximate surface area is 108 Å². The Morgan fingerprint density at radius 2 is 2.12 bits per heavy atom. The molecule has 0 amide bonds. The molecular weight excluding hydrogens is 256 g/mol. The van der Waals surface area contributed by atoms with Crippen molar-refractivity contribution in [2.45, 2.75) is 37.1 Å². The van der Waals surface area contributed by atoms with Crippen molar-refractivity contribution in [1.82, 2.24) is 9.78 Å². The molecule has 1 aliphatic carbocycles. The lowest BCUT2D eigenvalue weighted by Gasteiger charge is -2.26. The molecule has 1 aromatic heterocycles. The number of rotatable bonds is 4. The molecule has 1 aliphatic rings. The lowest BCUT2D eigenvalue weighted by Crippen LogP contribution is -2.25. The summed E-state index contributed by atoms with van der Waals surface area (Å²) in [5.74, 6) is 0.834. The van der Waals surface area contributed by atoms with E-state index in [1.165, 1.54) is 25.3 Å². The number of hydrogen-bond acceptors (Lipinski definition) is 4. The van der Waals surface area contributed by atoms with Crippen LogP contribution in [0.4, 0.5) is 0 Å². The zero-order valence-electron chi connectivity index (χ0n) is 9.96. The van der Waals surface area contributed by atoms with Crippen LogP contribution >= 0.6 is 12.6 Å². The molecule has 96 valence electrons. The Morgan fingerprint density at radius 3 is 2.59 bits per heavy atom. The molecule has 0 aromatic carbocycles. The molecular formula is C11H18N2O2S2. The van der Waals surface area contributed by atoms with Crippen LogP contribution in [-0.2, 0) is 16.4 Å². The predicted octanol–water partition coefficient (Wildman–Crippen LogP) is 1.78. The molecule has 1 aromatic rings. The summed E-state index contributed by atoms with van der Waals surface area (Å²) in [4.78, 5) is 0.296. The van der Waals surface area contributed by atoms with Crippen LogP contribution < -0.4 is 0 Å². The standard InChI is InChI=1S/C11H18N2O2S2/c1-17(14,15)10-6-12-13(7-10)8-11(9-16)4-2-3-5-11/h6-7,16H,2-5,8-9H2,1H3. The molecule has 1 fully saturated rings. The Balaban J connectivity index is 2.16. The van der Waals surface area contributed by atoms with Crippen molar-refractivity contribution in [2.24, 2.45) is 5.41 Å². The fraction of sp³-hybridized carbons (Fsp3) is 0.727. The zero-order chi connectivity index (χ0) is 12.5. The van der Waals surface area contributed by atoms with E-state index in [1.807, 2.05) is 0 Å². The second-order valence-corrected chi connectivity index (χ2v) is 7.34. The smallest absolute Gasteiger partial charge is 0.178 e. The van der Waals surface area contributed by atoms with E-state index in [9.17, 15) is 8.42 Å². The summed E-state index contributed by atoms with van der Waals surface area (Å²) in [5, 5.41) is 4.14. The number of aromatic nitrogens is 2. The minimum atomic E-state index is -3.14. The van der Waals surface area contributed by atoms with Gasteiger partial charge in [0.2, 0.25) is 0 Å². The van der Waals surface area contributed by atoms with Crippen LogP contribution in [0.15, 0.2) is 17.3 Å². The quantitative estimate of drug-likeness (QED) is 0.852. The maximum atomic E-state index is 11.4. The topological polar surface area (TPSA) is 52.0 Å². The maximum Gasteiger partial charge on any atom is 0.178 e. The van der Waals surface area contributed by atoms with Gasteiger partial charge in [0, 0.05) is 19.0 Å². The third kappa shape index (κ3) is 2.85. The molecule has 1 heterocycles. The van der Waals surface area contributed by atoms with Gasteiger partial charge in [0.15, 0.2) is 9.84 Å². The molecule has 2 rings (SSSR count). The molecule has 1 saturated carbocycles. The van der Waals surface area contributed by atoms with Crippen molar-refractivity contribution in [1.29, 1.82) is 0 Å². The second-order valence-electron chi connectivity index (χ2n) is 5.01. The average Bonchev–Trinajstić information content (AvgIpc) is 2.87. The summed E-state index contributed by atoms with van der Waals surface area (Å²) in [5.41, 5.74) is 0.198. The van der Waals surface area contributed by atoms with Gasteiger partial charge >= 0.3 is 0 Å². The third-order valence-electron chi connectivity index (χ3n) is 3.53. The monoisotopic (exact) mass is 274 g/mol. The van der Waals surface area contributed by atoms with Gasteiger partial charge in [-0.25, -0.2) is 8.42 Å². The van der Waals surface area contributed by atoms with Crippen LogP contribution in [0.1, 0.15) is 25.7 Å². The largest absolute Gasteiger partial charge is 0.271 e. The Bertz CT molecular complexity index is 487. The van der Waals surface area contributed by atoms with E-state index in [0.29, 0.717) is 4.90 Å². The summed E-state index contributed by atoms with van der Waals surface area (Å²) in [7, 11) is -3.14. The van der Waals surface area contributed by atoms with Crippen LogP contribution in [0.2, 0.25) is 0 Å². The Kier molecular flexibility index (Phi) is 3.54. The summed E-state index contributed by atoms with van der Waals surface area (Å²) >= 11 is 4.44. The molecule has 0 bridgehead atoms. The second kappa shape index (κ2) is 4.65. The molecule has 0 atom stereocenters. The van der Waals surface area contributed by atoms with E-state index in [2.05, 4.69) is 17.7 Å². The fourth-order valence-electron chi connectivity index (χ4n) is 2.46. The lowest BCUT2D eigenvalue weighted by molar-refractivity contribution is 0.276. The molecule has 0 saturated heterocycles. The minimum absolute atomic E-state index is 0.198. The van der Waals surface area contributed by atoms with Crippen molar-refractivity contribution >= 4 is 22.5 Å². The van der Waals surface area contributed by atoms with Crippen molar-refractivity contribution in [2.75, 3.05) is 12.0 Å². The zero-order valence-corrected chi connectivity index (χ0v) is 11.7. The Hall–Kier alpha value is -0.490. The molecule has 0 spiro atoms. The van der Waals surface area contributed by atoms with Crippen LogP contribution in [0.25, 0.3) is 0 Å². The van der Waals surface area contributed by atoms with Gasteiger partial charge in [-0.1, -0.05) is 12.8 Å². The van der Waals surface area contributed by atoms with E-state index in [1.54, 1.807) is 10.9 Å². The van der Waals surface area contributed by atoms with Gasteiger partial charge in [-0.15, -0.1) is 0 Å². The van der Waals surface area contributed by atoms with E-state index in [4.69, 9.17) is 0 Å². The van der Waals surface area contributed by atoms with E-state index < -0.39 is 9.84 Å². The van der Waals surface area contributed by atoms with Crippen molar-refractivity contribution in [3.8, 4) is 0 Å². The highest BCUT2D eigenvalue weighted by atomic mass is 32.2. The molecule has 0 unspecified atom stereocenters. The van der Waals surface area contributed by atoms with Crippen molar-refractivity contribution in [3.63, 3.8) is 0 Å². The summed E-state index contributed by atoms with van der Waals surface area (Å²) in [6.07, 6.45) is 9.05. The highest BCUT2D eigenvalue weighted by Gasteiger charge is 2.33. The number of hydrogen-bond donors (Lipinski definition) is 1. The van der Waals surface area contributed by atoms with Crippen LogP contribution in [-0.4, -0.2) is 30.2 Å². The molecule has 0 aliphatic heterocycles. The van der Waals surface area contributed by atoms with Crippen molar-refractivity contribution in [3.05, 3.63) is 12.4 Å². The first-order valence-corrected chi connectivity index (χ1v) is 8.31. The molecule has 4 nitrogen and oxygen atoms in total. The molecule has 6 heteroatoms. The van der Waals surface area contributed by atoms with E-state index >= 15 is 0 Å². The number of nitrogens with zero attached hydrogens (tertiary/aromatic N) is 2. The summed E-state index contributed by atoms with van der Waals surface area (Å²) in [6.45, 7) is 0.770. The number of thiol groups is 1. The molecule has 0 radical (unpaired) electrons. The summed E-state index contributed by atoms with van der Waals surface area (Å²) in [6, 6.07) is 0. The van der Waals surface area contributed by atoms with Crippen LogP contribution in [0, 0.1) is 5.41 Å². The van der Waals surface area contributed by atoms with Gasteiger partial charge < -0.3 is 0 Å². The molecule has 0 N–H and O–H groups in total. The van der Waals surface area contributed by atoms with Gasteiger partial charge in [-0.05, 0) is 24.0 Å². The highest BCUT2D eigenvalue weighted by Crippen LogP contribution is 2.40. The first-order valence-electron chi connectivity index (χ1n) is 5.79. The average molecular weight is 274 g/mol. The van der Waals surface area contributed by atoms with Crippen LogP contribution in [0.5, 0.6) is 0 Å². The summed E-state index contributed by atoms with van der Waals surface area (Å²) < 4.78 is 24.5. The van der Waals surface area contributed by atoms with Crippen LogP contribution in [0.3, 0.4) is 0 Å². The number of sulfone groups is 1. The third-order valence-corrected chi connectivity index (χ3v) is 5.27. The first-order chi connectivity index (χ1) is 7.95. The van der Waals surface area contributed by atoms with Crippen molar-refractivity contribution < 1.29 is 8.42 Å². The van der Waals surface area contributed by atoms with Gasteiger partial charge in [0.25, 0.3) is 0 Å². The Morgan fingerprint density at radius 1 is 1.47 bits per heavy atom. The van der Waals surface area contributed by atoms with Gasteiger partial charge in [0.05, 0.1) is 6.20 Å². The predicted molar refractivity (Wildman–Crippen MR) is 70.1 cm³/mol. The first kappa shape index (κ1) is 13.0. The van der Waals surface area contributed by atoms with E-state index in [0.717, 1.165) is 25.1 Å². The molecule has 17 heavy (non-hydrogen) atoms. The van der Waals surface area contributed by atoms with Gasteiger partial charge in [-0.2, -0.15) is 17.7 Å². The minimum Gasteiger partial charge on any atom is -0.271 e. The fourth-order valence-corrected chi connectivity index (χ4v) is 3.43.